The van der Waals surface area contributed by atoms with Gasteiger partial charge in [-0.1, -0.05) is 68.8 Å². The first-order chi connectivity index (χ1) is 22.6. The minimum Gasteiger partial charge on any atom is -0.461 e. The average molecular weight is 636 g/mol. The maximum atomic E-state index is 14.9. The molecule has 0 fully saturated rings. The van der Waals surface area contributed by atoms with E-state index < -0.39 is 17.5 Å². The highest BCUT2D eigenvalue weighted by molar-refractivity contribution is 6.07. The average Bonchev–Trinajstić information content (AvgIpc) is 3.45. The fourth-order valence-electron chi connectivity index (χ4n) is 6.18. The van der Waals surface area contributed by atoms with Crippen molar-refractivity contribution in [3.63, 3.8) is 0 Å². The maximum Gasteiger partial charge on any atom is 0.359 e. The van der Waals surface area contributed by atoms with Crippen LogP contribution in [0.2, 0.25) is 0 Å². The number of carbonyl (C=O) groups is 3. The number of hydrogen-bond donors (Lipinski definition) is 0. The van der Waals surface area contributed by atoms with Crippen LogP contribution in [0.5, 0.6) is 0 Å². The lowest BCUT2D eigenvalue weighted by atomic mass is 9.89. The molecule has 0 spiro atoms. The maximum absolute atomic E-state index is 14.9. The van der Waals surface area contributed by atoms with Gasteiger partial charge in [0, 0.05) is 23.7 Å². The summed E-state index contributed by atoms with van der Waals surface area (Å²) in [6.07, 6.45) is 3.88. The molecule has 1 aliphatic rings. The molecular formula is C39H45N3O5. The molecule has 5 rings (SSSR count). The summed E-state index contributed by atoms with van der Waals surface area (Å²) < 4.78 is 13.0. The summed E-state index contributed by atoms with van der Waals surface area (Å²) in [6, 6.07) is 22.9. The Morgan fingerprint density at radius 2 is 1.60 bits per heavy atom. The molecule has 246 valence electrons. The third-order valence-electron chi connectivity index (χ3n) is 8.46. The molecule has 47 heavy (non-hydrogen) atoms. The van der Waals surface area contributed by atoms with Crippen LogP contribution >= 0.6 is 0 Å². The van der Waals surface area contributed by atoms with Crippen LogP contribution in [0.1, 0.15) is 109 Å². The van der Waals surface area contributed by atoms with E-state index in [9.17, 15) is 14.4 Å². The Hall–Kier alpha value is -4.72. The molecule has 0 saturated carbocycles. The first-order valence-corrected chi connectivity index (χ1v) is 16.7. The first-order valence-electron chi connectivity index (χ1n) is 16.7. The van der Waals surface area contributed by atoms with Crippen molar-refractivity contribution in [2.45, 2.75) is 91.8 Å². The van der Waals surface area contributed by atoms with Gasteiger partial charge in [-0.2, -0.15) is 5.10 Å². The van der Waals surface area contributed by atoms with Crippen LogP contribution in [0.15, 0.2) is 72.8 Å². The van der Waals surface area contributed by atoms with E-state index in [0.717, 1.165) is 42.6 Å². The number of fused-ring (bicyclic) bond motifs is 1. The van der Waals surface area contributed by atoms with Crippen molar-refractivity contribution in [1.82, 2.24) is 14.7 Å². The summed E-state index contributed by atoms with van der Waals surface area (Å²) >= 11 is 0. The van der Waals surface area contributed by atoms with Gasteiger partial charge in [-0.3, -0.25) is 4.79 Å². The molecule has 0 aliphatic carbocycles. The number of nitrogens with zero attached hydrogens (tertiary/aromatic N) is 3. The molecule has 0 N–H and O–H groups in total. The van der Waals surface area contributed by atoms with Gasteiger partial charge >= 0.3 is 11.9 Å². The monoisotopic (exact) mass is 635 g/mol. The van der Waals surface area contributed by atoms with Crippen molar-refractivity contribution in [2.75, 3.05) is 6.61 Å². The number of benzene rings is 3. The molecule has 1 aliphatic heterocycles. The molecule has 4 aromatic rings. The number of aromatic nitrogens is 2. The third kappa shape index (κ3) is 7.32. The minimum absolute atomic E-state index is 0.0356. The number of hydrogen-bond acceptors (Lipinski definition) is 6. The number of rotatable bonds is 10. The zero-order valence-corrected chi connectivity index (χ0v) is 28.3. The number of carbonyl (C=O) groups excluding carboxylic acids is 3. The smallest absolute Gasteiger partial charge is 0.359 e. The molecule has 3 aromatic carbocycles. The highest BCUT2D eigenvalue weighted by Gasteiger charge is 2.34. The second kappa shape index (κ2) is 14.4. The molecule has 1 atom stereocenters. The van der Waals surface area contributed by atoms with Gasteiger partial charge in [0.05, 0.1) is 23.6 Å². The molecule has 8 nitrogen and oxygen atoms in total. The SMILES string of the molecule is CCCCc1c(-c2ccc(C(=O)OC(C)(C)C)cc2C(=O)N2Cc3ccccc3C[C@H]2CC)c(C(=O)OCC)nn1-c1ccccc1. The van der Waals surface area contributed by atoms with E-state index in [1.165, 1.54) is 5.56 Å². The third-order valence-corrected chi connectivity index (χ3v) is 8.46. The molecule has 0 radical (unpaired) electrons. The molecule has 1 amide bonds. The van der Waals surface area contributed by atoms with Crippen molar-refractivity contribution in [1.29, 1.82) is 0 Å². The zero-order chi connectivity index (χ0) is 33.7. The van der Waals surface area contributed by atoms with E-state index >= 15 is 0 Å². The number of esters is 2. The molecule has 2 heterocycles. The lowest BCUT2D eigenvalue weighted by Crippen LogP contribution is -2.44. The molecular weight excluding hydrogens is 590 g/mol. The summed E-state index contributed by atoms with van der Waals surface area (Å²) in [5.41, 5.74) is 5.02. The highest BCUT2D eigenvalue weighted by atomic mass is 16.6. The predicted octanol–water partition coefficient (Wildman–Crippen LogP) is 7.99. The van der Waals surface area contributed by atoms with Gasteiger partial charge in [0.1, 0.15) is 5.60 Å². The van der Waals surface area contributed by atoms with Crippen LogP contribution in [0.25, 0.3) is 16.8 Å². The fraction of sp³-hybridized carbons (Fsp3) is 0.385. The molecule has 1 aromatic heterocycles. The van der Waals surface area contributed by atoms with Crippen molar-refractivity contribution < 1.29 is 23.9 Å². The standard InChI is InChI=1S/C39H45N3O5/c1-7-10-20-33-34(35(38(45)46-9-3)40-42(33)30-18-12-11-13-19-30)31-22-21-27(37(44)47-39(4,5)6)24-32(31)36(43)41-25-28-17-15-14-16-26(28)23-29(41)8-2/h11-19,21-22,24,29H,7-10,20,23,25H2,1-6H3/t29-/m1/s1. The largest absolute Gasteiger partial charge is 0.461 e. The van der Waals surface area contributed by atoms with Gasteiger partial charge in [0.2, 0.25) is 0 Å². The van der Waals surface area contributed by atoms with Crippen LogP contribution in [0, 0.1) is 0 Å². The van der Waals surface area contributed by atoms with Gasteiger partial charge in [-0.05, 0) is 94.3 Å². The quantitative estimate of drug-likeness (QED) is 0.164. The second-order valence-electron chi connectivity index (χ2n) is 13.0. The Morgan fingerprint density at radius 1 is 0.894 bits per heavy atom. The van der Waals surface area contributed by atoms with Gasteiger partial charge < -0.3 is 14.4 Å². The molecule has 8 heteroatoms. The molecule has 0 unspecified atom stereocenters. The van der Waals surface area contributed by atoms with E-state index in [1.807, 2.05) is 68.1 Å². The normalized spacial score (nSPS) is 14.4. The highest BCUT2D eigenvalue weighted by Crippen LogP contribution is 2.37. The van der Waals surface area contributed by atoms with Gasteiger partial charge in [-0.25, -0.2) is 14.3 Å². The second-order valence-corrected chi connectivity index (χ2v) is 13.0. The number of amides is 1. The van der Waals surface area contributed by atoms with Crippen LogP contribution in [-0.4, -0.2) is 50.8 Å². The van der Waals surface area contributed by atoms with Gasteiger partial charge in [-0.15, -0.1) is 0 Å². The van der Waals surface area contributed by atoms with E-state index in [4.69, 9.17) is 14.6 Å². The lowest BCUT2D eigenvalue weighted by Gasteiger charge is -2.37. The topological polar surface area (TPSA) is 90.7 Å². The van der Waals surface area contributed by atoms with Crippen molar-refractivity contribution in [3.8, 4) is 16.8 Å². The van der Waals surface area contributed by atoms with E-state index in [2.05, 4.69) is 26.0 Å². The Labute approximate surface area is 277 Å². The van der Waals surface area contributed by atoms with Crippen LogP contribution in [0.3, 0.4) is 0 Å². The summed E-state index contributed by atoms with van der Waals surface area (Å²) in [4.78, 5) is 43.7. The summed E-state index contributed by atoms with van der Waals surface area (Å²) in [5.74, 6) is -1.30. The van der Waals surface area contributed by atoms with E-state index in [0.29, 0.717) is 29.7 Å². The fourth-order valence-corrected chi connectivity index (χ4v) is 6.18. The van der Waals surface area contributed by atoms with Gasteiger partial charge in [0.25, 0.3) is 5.91 Å². The summed E-state index contributed by atoms with van der Waals surface area (Å²) in [5, 5.41) is 4.83. The molecule has 0 bridgehead atoms. The minimum atomic E-state index is -0.717. The Kier molecular flexibility index (Phi) is 10.3. The van der Waals surface area contributed by atoms with Crippen LogP contribution < -0.4 is 0 Å². The summed E-state index contributed by atoms with van der Waals surface area (Å²) in [6.45, 7) is 12.0. The van der Waals surface area contributed by atoms with E-state index in [-0.39, 0.29) is 29.8 Å². The predicted molar refractivity (Wildman–Crippen MR) is 183 cm³/mol. The van der Waals surface area contributed by atoms with Crippen LogP contribution in [-0.2, 0) is 28.9 Å². The Balaban J connectivity index is 1.76. The number of ether oxygens (including phenoxy) is 2. The number of unbranched alkanes of at least 4 members (excludes halogenated alkanes) is 1. The van der Waals surface area contributed by atoms with Gasteiger partial charge in [0.15, 0.2) is 5.69 Å². The molecule has 0 saturated heterocycles. The zero-order valence-electron chi connectivity index (χ0n) is 28.3. The van der Waals surface area contributed by atoms with E-state index in [1.54, 1.807) is 29.8 Å². The summed E-state index contributed by atoms with van der Waals surface area (Å²) in [7, 11) is 0. The number of para-hydroxylation sites is 1. The Bertz CT molecular complexity index is 1750. The first kappa shape index (κ1) is 33.6. The van der Waals surface area contributed by atoms with Crippen LogP contribution in [0.4, 0.5) is 0 Å². The van der Waals surface area contributed by atoms with Crippen molar-refractivity contribution >= 4 is 17.8 Å². The van der Waals surface area contributed by atoms with Crippen molar-refractivity contribution in [2.24, 2.45) is 0 Å². The lowest BCUT2D eigenvalue weighted by molar-refractivity contribution is 0.00692. The van der Waals surface area contributed by atoms with Crippen molar-refractivity contribution in [3.05, 3.63) is 106 Å². The Morgan fingerprint density at radius 3 is 2.26 bits per heavy atom.